The smallest absolute Gasteiger partial charge is 0.0683 e. The number of rotatable bonds is 0. The van der Waals surface area contributed by atoms with Crippen molar-refractivity contribution < 1.29 is 0 Å². The molecule has 0 heterocycles. The third-order valence-electron chi connectivity index (χ3n) is 0. The third-order valence-corrected chi connectivity index (χ3v) is 0. The minimum absolute atomic E-state index is 0. The molecule has 0 spiro atoms. The fourth-order valence-corrected chi connectivity index (χ4v) is 0. The first-order valence-corrected chi connectivity index (χ1v) is 1.00. The number of hydrogen-bond acceptors (Lipinski definition) is 0. The Bertz CT molecular complexity index is 3.25. The summed E-state index contributed by atoms with van der Waals surface area (Å²) in [4.78, 5) is 0. The van der Waals surface area contributed by atoms with Crippen LogP contribution in [-0.2, 0) is 0 Å². The molecule has 0 aliphatic heterocycles. The van der Waals surface area contributed by atoms with Crippen molar-refractivity contribution >= 4 is 13.5 Å². The molecule has 0 aliphatic carbocycles. The molecule has 0 rings (SSSR count). The van der Waals surface area contributed by atoms with Gasteiger partial charge in [-0.1, -0.05) is 21.3 Å². The van der Waals surface area contributed by atoms with E-state index in [2.05, 4.69) is 0 Å². The summed E-state index contributed by atoms with van der Waals surface area (Å²) in [6.45, 7) is 4.00. The summed E-state index contributed by atoms with van der Waals surface area (Å²) in [5.74, 6) is 0. The standard InChI is InChI=1S/C2H6.CH4.H2S/c1-2;;/h1-2H3;1H4;1H2. The van der Waals surface area contributed by atoms with Crippen LogP contribution in [-0.4, -0.2) is 0 Å². The van der Waals surface area contributed by atoms with Crippen LogP contribution in [0.2, 0.25) is 0 Å². The van der Waals surface area contributed by atoms with E-state index in [9.17, 15) is 0 Å². The van der Waals surface area contributed by atoms with Crippen LogP contribution in [0.5, 0.6) is 0 Å². The quantitative estimate of drug-likeness (QED) is 0.416. The Hall–Kier alpha value is 0.350. The Balaban J connectivity index is -0.00000000500. The molecule has 0 nitrogen and oxygen atoms in total. The van der Waals surface area contributed by atoms with E-state index in [1.807, 2.05) is 13.8 Å². The summed E-state index contributed by atoms with van der Waals surface area (Å²) in [6.07, 6.45) is 0. The molecule has 0 radical (unpaired) electrons. The summed E-state index contributed by atoms with van der Waals surface area (Å²) in [6, 6.07) is 0. The van der Waals surface area contributed by atoms with Gasteiger partial charge >= 0.3 is 0 Å². The molecule has 0 aliphatic rings. The van der Waals surface area contributed by atoms with E-state index in [0.717, 1.165) is 0 Å². The Morgan fingerprint density at radius 3 is 1.00 bits per heavy atom. The monoisotopic (exact) mass is 80.1 g/mol. The summed E-state index contributed by atoms with van der Waals surface area (Å²) in [5, 5.41) is 0. The highest BCUT2D eigenvalue weighted by molar-refractivity contribution is 7.59. The third kappa shape index (κ3) is 35.0. The summed E-state index contributed by atoms with van der Waals surface area (Å²) >= 11 is 0. The molecule has 0 aromatic heterocycles. The molecule has 0 amide bonds. The minimum atomic E-state index is 0. The normalized spacial score (nSPS) is 1.50. The van der Waals surface area contributed by atoms with Crippen LogP contribution >= 0.6 is 13.5 Å². The molecule has 4 heavy (non-hydrogen) atoms. The van der Waals surface area contributed by atoms with Crippen LogP contribution in [0.1, 0.15) is 21.3 Å². The van der Waals surface area contributed by atoms with Crippen LogP contribution in [0, 0.1) is 0 Å². The van der Waals surface area contributed by atoms with Crippen molar-refractivity contribution in [2.75, 3.05) is 0 Å². The lowest BCUT2D eigenvalue weighted by Crippen LogP contribution is -0.856. The molecule has 0 saturated carbocycles. The molecule has 1 heteroatoms. The predicted molar refractivity (Wildman–Crippen MR) is 28.5 cm³/mol. The lowest BCUT2D eigenvalue weighted by atomic mass is 11.0. The van der Waals surface area contributed by atoms with Crippen LogP contribution in [0.25, 0.3) is 0 Å². The molecule has 0 saturated heterocycles. The van der Waals surface area contributed by atoms with Crippen molar-refractivity contribution in [2.45, 2.75) is 21.3 Å². The van der Waals surface area contributed by atoms with Crippen LogP contribution < -0.4 is 0 Å². The SMILES string of the molecule is C.CC.S. The Labute approximate surface area is 35.7 Å². The van der Waals surface area contributed by atoms with Gasteiger partial charge in [-0.25, -0.2) is 0 Å². The van der Waals surface area contributed by atoms with E-state index in [-0.39, 0.29) is 20.9 Å². The van der Waals surface area contributed by atoms with Crippen molar-refractivity contribution in [3.63, 3.8) is 0 Å². The first-order valence-electron chi connectivity index (χ1n) is 1.00. The van der Waals surface area contributed by atoms with Gasteiger partial charge < -0.3 is 0 Å². The fourth-order valence-electron chi connectivity index (χ4n) is 0. The average Bonchev–Trinajstić information content (AvgIpc) is 1.00. The summed E-state index contributed by atoms with van der Waals surface area (Å²) < 4.78 is 0. The van der Waals surface area contributed by atoms with Crippen molar-refractivity contribution in [1.82, 2.24) is 0 Å². The highest BCUT2D eigenvalue weighted by Gasteiger charge is 0.932. The largest absolute Gasteiger partial charge is 0.197 e. The van der Waals surface area contributed by atoms with Gasteiger partial charge in [-0.3, -0.25) is 0 Å². The second-order valence-corrected chi connectivity index (χ2v) is 0. The van der Waals surface area contributed by atoms with Gasteiger partial charge in [-0.2, -0.15) is 13.5 Å². The second kappa shape index (κ2) is 151. The predicted octanol–water partition coefficient (Wildman–Crippen LogP) is 1.78. The highest BCUT2D eigenvalue weighted by Crippen LogP contribution is 1.14. The lowest BCUT2D eigenvalue weighted by molar-refractivity contribution is 1.50. The second-order valence-electron chi connectivity index (χ2n) is 0. The summed E-state index contributed by atoms with van der Waals surface area (Å²) in [5.41, 5.74) is 0. The minimum Gasteiger partial charge on any atom is -0.197 e. The van der Waals surface area contributed by atoms with Gasteiger partial charge in [-0.15, -0.1) is 0 Å². The average molecular weight is 80.2 g/mol. The zero-order valence-corrected chi connectivity index (χ0v) is 3.50. The van der Waals surface area contributed by atoms with Crippen molar-refractivity contribution in [3.05, 3.63) is 0 Å². The molecule has 0 aromatic rings. The lowest BCUT2D eigenvalue weighted by Gasteiger charge is -1.07. The fraction of sp³-hybridized carbons (Fsp3) is 1.00. The van der Waals surface area contributed by atoms with Crippen LogP contribution in [0.15, 0.2) is 0 Å². The van der Waals surface area contributed by atoms with Crippen LogP contribution in [0.3, 0.4) is 0 Å². The van der Waals surface area contributed by atoms with E-state index >= 15 is 0 Å². The van der Waals surface area contributed by atoms with Gasteiger partial charge in [0.2, 0.25) is 0 Å². The van der Waals surface area contributed by atoms with Gasteiger partial charge in [0.25, 0.3) is 0 Å². The van der Waals surface area contributed by atoms with E-state index in [1.165, 1.54) is 0 Å². The Morgan fingerprint density at radius 2 is 1.00 bits per heavy atom. The van der Waals surface area contributed by atoms with Gasteiger partial charge in [0, 0.05) is 0 Å². The number of hydrogen-bond donors (Lipinski definition) is 0. The van der Waals surface area contributed by atoms with Gasteiger partial charge in [0.15, 0.2) is 0 Å². The molecule has 0 bridgehead atoms. The van der Waals surface area contributed by atoms with E-state index in [4.69, 9.17) is 0 Å². The van der Waals surface area contributed by atoms with E-state index in [1.54, 1.807) is 0 Å². The maximum absolute atomic E-state index is 2.00. The highest BCUT2D eigenvalue weighted by atomic mass is 32.1. The zero-order valence-electron chi connectivity index (χ0n) is 2.50. The molecular weight excluding hydrogens is 68.1 g/mol. The van der Waals surface area contributed by atoms with Gasteiger partial charge in [0.1, 0.15) is 0 Å². The Morgan fingerprint density at radius 1 is 1.00 bits per heavy atom. The van der Waals surface area contributed by atoms with Crippen molar-refractivity contribution in [1.29, 1.82) is 0 Å². The molecule has 0 atom stereocenters. The molecule has 0 unspecified atom stereocenters. The van der Waals surface area contributed by atoms with Crippen LogP contribution in [0.4, 0.5) is 0 Å². The summed E-state index contributed by atoms with van der Waals surface area (Å²) in [7, 11) is 0. The first-order chi connectivity index (χ1) is 1.00. The zero-order chi connectivity index (χ0) is 2.00. The molecule has 0 aromatic carbocycles. The first kappa shape index (κ1) is 26.8. The maximum atomic E-state index is 2.00. The van der Waals surface area contributed by atoms with E-state index < -0.39 is 0 Å². The topological polar surface area (TPSA) is 0 Å². The molecule has 0 fully saturated rings. The van der Waals surface area contributed by atoms with Gasteiger partial charge in [0.05, 0.1) is 0 Å². The maximum Gasteiger partial charge on any atom is -0.0683 e. The molecular formula is C3H12S. The molecule has 0 N–H and O–H groups in total. The van der Waals surface area contributed by atoms with E-state index in [0.29, 0.717) is 0 Å². The van der Waals surface area contributed by atoms with Crippen molar-refractivity contribution in [3.8, 4) is 0 Å². The van der Waals surface area contributed by atoms with Gasteiger partial charge in [-0.05, 0) is 0 Å². The Kier molecular flexibility index (Phi) is 1010. The van der Waals surface area contributed by atoms with Crippen molar-refractivity contribution in [2.24, 2.45) is 0 Å². The molecule has 30 valence electrons.